The summed E-state index contributed by atoms with van der Waals surface area (Å²) in [5.41, 5.74) is 1.84. The highest BCUT2D eigenvalue weighted by atomic mass is 32.1. The van der Waals surface area contributed by atoms with Gasteiger partial charge in [-0.1, -0.05) is 6.07 Å². The van der Waals surface area contributed by atoms with Gasteiger partial charge in [0.2, 0.25) is 5.91 Å². The summed E-state index contributed by atoms with van der Waals surface area (Å²) in [5, 5.41) is 5.57. The molecule has 0 aliphatic rings. The van der Waals surface area contributed by atoms with E-state index in [2.05, 4.69) is 10.6 Å². The molecule has 29 heavy (non-hydrogen) atoms. The topological polar surface area (TPSA) is 85.9 Å². The molecule has 0 saturated carbocycles. The number of hydrogen-bond acceptors (Lipinski definition) is 6. The number of thiocarbonyl (C=S) groups is 1. The molecule has 0 atom stereocenters. The van der Waals surface area contributed by atoms with Gasteiger partial charge in [-0.25, -0.2) is 4.79 Å². The van der Waals surface area contributed by atoms with Gasteiger partial charge in [-0.3, -0.25) is 10.1 Å². The SMILES string of the molecule is CCOC(=O)c1ccc(NC(=S)NC(=O)C=Cc2ccc(OC)c(OC)c2)cc1. The van der Waals surface area contributed by atoms with E-state index >= 15 is 0 Å². The number of ether oxygens (including phenoxy) is 3. The Morgan fingerprint density at radius 2 is 1.72 bits per heavy atom. The normalized spacial score (nSPS) is 10.3. The second-order valence-electron chi connectivity index (χ2n) is 5.69. The summed E-state index contributed by atoms with van der Waals surface area (Å²) in [7, 11) is 3.10. The van der Waals surface area contributed by atoms with Gasteiger partial charge >= 0.3 is 5.97 Å². The van der Waals surface area contributed by atoms with Crippen LogP contribution in [0.15, 0.2) is 48.5 Å². The quantitative estimate of drug-likeness (QED) is 0.408. The molecule has 2 aromatic rings. The monoisotopic (exact) mass is 414 g/mol. The number of rotatable bonds is 7. The zero-order valence-electron chi connectivity index (χ0n) is 16.4. The Hall–Kier alpha value is -3.39. The lowest BCUT2D eigenvalue weighted by atomic mass is 10.2. The molecule has 152 valence electrons. The van der Waals surface area contributed by atoms with Crippen LogP contribution in [0.5, 0.6) is 11.5 Å². The molecule has 0 radical (unpaired) electrons. The Kier molecular flexibility index (Phi) is 8.17. The van der Waals surface area contributed by atoms with Gasteiger partial charge in [0.25, 0.3) is 0 Å². The molecule has 7 nitrogen and oxygen atoms in total. The number of benzene rings is 2. The van der Waals surface area contributed by atoms with Crippen molar-refractivity contribution in [3.8, 4) is 11.5 Å². The Bertz CT molecular complexity index is 910. The van der Waals surface area contributed by atoms with Gasteiger partial charge < -0.3 is 19.5 Å². The Balaban J connectivity index is 1.91. The predicted octanol–water partition coefficient (Wildman–Crippen LogP) is 3.41. The van der Waals surface area contributed by atoms with E-state index in [-0.39, 0.29) is 11.0 Å². The van der Waals surface area contributed by atoms with Gasteiger partial charge in [-0.2, -0.15) is 0 Å². The van der Waals surface area contributed by atoms with Gasteiger partial charge in [-0.15, -0.1) is 0 Å². The maximum Gasteiger partial charge on any atom is 0.338 e. The lowest BCUT2D eigenvalue weighted by molar-refractivity contribution is -0.115. The minimum Gasteiger partial charge on any atom is -0.493 e. The van der Waals surface area contributed by atoms with Crippen LogP contribution in [0.25, 0.3) is 6.08 Å². The number of nitrogens with one attached hydrogen (secondary N) is 2. The fraction of sp³-hybridized carbons (Fsp3) is 0.190. The van der Waals surface area contributed by atoms with Crippen LogP contribution in [0.3, 0.4) is 0 Å². The molecule has 2 aromatic carbocycles. The Morgan fingerprint density at radius 3 is 2.34 bits per heavy atom. The van der Waals surface area contributed by atoms with Crippen molar-refractivity contribution in [3.05, 3.63) is 59.7 Å². The standard InChI is InChI=1S/C21H22N2O5S/c1-4-28-20(25)15-7-9-16(10-8-15)22-21(29)23-19(24)12-6-14-5-11-17(26-2)18(13-14)27-3/h5-13H,4H2,1-3H3,(H2,22,23,24,29). The first-order chi connectivity index (χ1) is 14.0. The summed E-state index contributed by atoms with van der Waals surface area (Å²) in [6.45, 7) is 2.06. The fourth-order valence-electron chi connectivity index (χ4n) is 2.35. The Labute approximate surface area is 174 Å². The van der Waals surface area contributed by atoms with Crippen LogP contribution in [-0.4, -0.2) is 37.8 Å². The van der Waals surface area contributed by atoms with E-state index in [1.165, 1.54) is 6.08 Å². The summed E-state index contributed by atoms with van der Waals surface area (Å²) >= 11 is 5.14. The molecular weight excluding hydrogens is 392 g/mol. The zero-order chi connectivity index (χ0) is 21.2. The molecule has 0 aliphatic heterocycles. The number of hydrogen-bond donors (Lipinski definition) is 2. The second kappa shape index (κ2) is 10.8. The highest BCUT2D eigenvalue weighted by molar-refractivity contribution is 7.80. The van der Waals surface area contributed by atoms with Crippen LogP contribution in [0.2, 0.25) is 0 Å². The molecule has 0 fully saturated rings. The van der Waals surface area contributed by atoms with Crippen LogP contribution >= 0.6 is 12.2 Å². The smallest absolute Gasteiger partial charge is 0.338 e. The van der Waals surface area contributed by atoms with Crippen molar-refractivity contribution in [1.82, 2.24) is 5.32 Å². The highest BCUT2D eigenvalue weighted by Gasteiger charge is 2.07. The molecule has 0 spiro atoms. The van der Waals surface area contributed by atoms with E-state index in [0.717, 1.165) is 5.56 Å². The number of methoxy groups -OCH3 is 2. The first-order valence-electron chi connectivity index (χ1n) is 8.76. The van der Waals surface area contributed by atoms with Crippen molar-refractivity contribution in [2.75, 3.05) is 26.1 Å². The van der Waals surface area contributed by atoms with Crippen LogP contribution in [-0.2, 0) is 9.53 Å². The van der Waals surface area contributed by atoms with Gasteiger partial charge in [0, 0.05) is 11.8 Å². The molecule has 8 heteroatoms. The van der Waals surface area contributed by atoms with Crippen LogP contribution in [0.4, 0.5) is 5.69 Å². The average Bonchev–Trinajstić information content (AvgIpc) is 2.72. The predicted molar refractivity (Wildman–Crippen MR) is 115 cm³/mol. The molecule has 2 N–H and O–H groups in total. The minimum atomic E-state index is -0.393. The largest absolute Gasteiger partial charge is 0.493 e. The van der Waals surface area contributed by atoms with Crippen molar-refractivity contribution in [2.45, 2.75) is 6.92 Å². The fourth-order valence-corrected chi connectivity index (χ4v) is 2.57. The first kappa shape index (κ1) is 21.9. The molecule has 0 aliphatic carbocycles. The number of anilines is 1. The maximum atomic E-state index is 12.1. The summed E-state index contributed by atoms with van der Waals surface area (Å²) in [6, 6.07) is 11.9. The van der Waals surface area contributed by atoms with E-state index in [1.807, 2.05) is 0 Å². The molecular formula is C21H22N2O5S. The first-order valence-corrected chi connectivity index (χ1v) is 9.17. The maximum absolute atomic E-state index is 12.1. The van der Waals surface area contributed by atoms with E-state index in [0.29, 0.717) is 29.4 Å². The number of esters is 1. The van der Waals surface area contributed by atoms with Crippen molar-refractivity contribution >= 4 is 41.0 Å². The minimum absolute atomic E-state index is 0.135. The highest BCUT2D eigenvalue weighted by Crippen LogP contribution is 2.27. The van der Waals surface area contributed by atoms with E-state index in [4.69, 9.17) is 26.4 Å². The molecule has 0 heterocycles. The van der Waals surface area contributed by atoms with E-state index in [1.54, 1.807) is 69.7 Å². The van der Waals surface area contributed by atoms with Crippen LogP contribution in [0, 0.1) is 0 Å². The third-order valence-electron chi connectivity index (χ3n) is 3.73. The number of amides is 1. The number of carbonyl (C=O) groups excluding carboxylic acids is 2. The third kappa shape index (κ3) is 6.62. The summed E-state index contributed by atoms with van der Waals surface area (Å²) < 4.78 is 15.3. The lowest BCUT2D eigenvalue weighted by Gasteiger charge is -2.09. The lowest BCUT2D eigenvalue weighted by Crippen LogP contribution is -2.32. The van der Waals surface area contributed by atoms with E-state index < -0.39 is 5.97 Å². The molecule has 0 aromatic heterocycles. The zero-order valence-corrected chi connectivity index (χ0v) is 17.2. The summed E-state index contributed by atoms with van der Waals surface area (Å²) in [4.78, 5) is 23.7. The van der Waals surface area contributed by atoms with Crippen molar-refractivity contribution in [3.63, 3.8) is 0 Å². The van der Waals surface area contributed by atoms with Gasteiger partial charge in [-0.05, 0) is 67.2 Å². The van der Waals surface area contributed by atoms with Gasteiger partial charge in [0.1, 0.15) is 0 Å². The van der Waals surface area contributed by atoms with Crippen LogP contribution in [0.1, 0.15) is 22.8 Å². The summed E-state index contributed by atoms with van der Waals surface area (Å²) in [6.07, 6.45) is 2.99. The van der Waals surface area contributed by atoms with Crippen LogP contribution < -0.4 is 20.1 Å². The van der Waals surface area contributed by atoms with E-state index in [9.17, 15) is 9.59 Å². The molecule has 2 rings (SSSR count). The molecule has 0 bridgehead atoms. The van der Waals surface area contributed by atoms with Gasteiger partial charge in [0.05, 0.1) is 26.4 Å². The molecule has 0 saturated heterocycles. The molecule has 1 amide bonds. The van der Waals surface area contributed by atoms with Gasteiger partial charge in [0.15, 0.2) is 16.6 Å². The van der Waals surface area contributed by atoms with Crippen molar-refractivity contribution < 1.29 is 23.8 Å². The van der Waals surface area contributed by atoms with Crippen molar-refractivity contribution in [1.29, 1.82) is 0 Å². The summed E-state index contributed by atoms with van der Waals surface area (Å²) in [5.74, 6) is 0.391. The third-order valence-corrected chi connectivity index (χ3v) is 3.93. The van der Waals surface area contributed by atoms with Crippen molar-refractivity contribution in [2.24, 2.45) is 0 Å². The molecule has 0 unspecified atom stereocenters. The Morgan fingerprint density at radius 1 is 1.03 bits per heavy atom. The average molecular weight is 414 g/mol. The number of carbonyl (C=O) groups is 2. The second-order valence-corrected chi connectivity index (χ2v) is 6.10.